The van der Waals surface area contributed by atoms with Gasteiger partial charge < -0.3 is 15.5 Å². The summed E-state index contributed by atoms with van der Waals surface area (Å²) in [5.41, 5.74) is -0.491. The largest absolute Gasteiger partial charge is 0.325 e. The van der Waals surface area contributed by atoms with E-state index < -0.39 is 27.5 Å². The van der Waals surface area contributed by atoms with Crippen molar-refractivity contribution in [2.24, 2.45) is 5.92 Å². The highest BCUT2D eigenvalue weighted by atomic mass is 32.2. The smallest absolute Gasteiger partial charge is 0.325 e. The first-order chi connectivity index (χ1) is 16.1. The number of amides is 4. The third-order valence-corrected chi connectivity index (χ3v) is 9.23. The molecule has 0 atom stereocenters. The zero-order chi connectivity index (χ0) is 24.5. The summed E-state index contributed by atoms with van der Waals surface area (Å²) in [4.78, 5) is 41.2. The van der Waals surface area contributed by atoms with Crippen molar-refractivity contribution >= 4 is 33.6 Å². The number of benzene rings is 1. The second-order valence-electron chi connectivity index (χ2n) is 9.54. The van der Waals surface area contributed by atoms with Gasteiger partial charge in [-0.15, -0.1) is 0 Å². The third kappa shape index (κ3) is 4.82. The van der Waals surface area contributed by atoms with Crippen LogP contribution in [0, 0.1) is 5.92 Å². The van der Waals surface area contributed by atoms with Gasteiger partial charge in [-0.1, -0.05) is 13.3 Å². The van der Waals surface area contributed by atoms with E-state index in [9.17, 15) is 22.8 Å². The van der Waals surface area contributed by atoms with E-state index in [0.717, 1.165) is 24.2 Å². The standard InChI is InChI=1S/C23H33N5O5S/c1-3-17-8-10-23(11-9-17)21(30)28(22(31)25-23)16-20(29)24-18-4-6-19(7-5-18)34(32,33)27-14-12-26(2)13-15-27/h4-7,17H,3,8-16H2,1-2H3,(H,24,29)(H,25,31). The third-order valence-electron chi connectivity index (χ3n) is 7.32. The van der Waals surface area contributed by atoms with E-state index in [4.69, 9.17) is 0 Å². The minimum atomic E-state index is -3.60. The van der Waals surface area contributed by atoms with Gasteiger partial charge in [0.25, 0.3) is 5.91 Å². The molecule has 186 valence electrons. The normalized spacial score (nSPS) is 26.6. The molecular formula is C23H33N5O5S. The highest BCUT2D eigenvalue weighted by Crippen LogP contribution is 2.37. The Bertz CT molecular complexity index is 1040. The van der Waals surface area contributed by atoms with Crippen LogP contribution < -0.4 is 10.6 Å². The van der Waals surface area contributed by atoms with E-state index in [2.05, 4.69) is 22.5 Å². The molecule has 3 aliphatic rings. The van der Waals surface area contributed by atoms with Crippen LogP contribution in [-0.2, 0) is 19.6 Å². The number of hydrogen-bond donors (Lipinski definition) is 2. The van der Waals surface area contributed by atoms with E-state index in [1.165, 1.54) is 28.6 Å². The summed E-state index contributed by atoms with van der Waals surface area (Å²) in [6, 6.07) is 5.40. The van der Waals surface area contributed by atoms with Crippen LogP contribution in [0.25, 0.3) is 0 Å². The molecular weight excluding hydrogens is 458 g/mol. The average molecular weight is 492 g/mol. The molecule has 0 aromatic heterocycles. The lowest BCUT2D eigenvalue weighted by Crippen LogP contribution is -2.49. The second kappa shape index (κ2) is 9.63. The van der Waals surface area contributed by atoms with Crippen LogP contribution in [0.4, 0.5) is 10.5 Å². The van der Waals surface area contributed by atoms with Crippen molar-refractivity contribution in [2.45, 2.75) is 49.5 Å². The van der Waals surface area contributed by atoms with Crippen molar-refractivity contribution in [3.63, 3.8) is 0 Å². The molecule has 2 N–H and O–H groups in total. The topological polar surface area (TPSA) is 119 Å². The van der Waals surface area contributed by atoms with Gasteiger partial charge in [0.2, 0.25) is 15.9 Å². The Morgan fingerprint density at radius 3 is 2.29 bits per heavy atom. The lowest BCUT2D eigenvalue weighted by atomic mass is 9.75. The number of piperazine rings is 1. The van der Waals surface area contributed by atoms with Crippen molar-refractivity contribution in [3.8, 4) is 0 Å². The van der Waals surface area contributed by atoms with Crippen molar-refractivity contribution in [1.29, 1.82) is 0 Å². The Balaban J connectivity index is 1.35. The molecule has 0 radical (unpaired) electrons. The van der Waals surface area contributed by atoms with Gasteiger partial charge in [0.15, 0.2) is 0 Å². The number of carbonyl (C=O) groups excluding carboxylic acids is 3. The average Bonchev–Trinajstić information content (AvgIpc) is 3.04. The van der Waals surface area contributed by atoms with Crippen molar-refractivity contribution < 1.29 is 22.8 Å². The maximum atomic E-state index is 13.0. The summed E-state index contributed by atoms with van der Waals surface area (Å²) in [7, 11) is -1.64. The first-order valence-electron chi connectivity index (χ1n) is 11.9. The summed E-state index contributed by atoms with van der Waals surface area (Å²) >= 11 is 0. The molecule has 0 unspecified atom stereocenters. The van der Waals surface area contributed by atoms with Gasteiger partial charge in [-0.05, 0) is 62.9 Å². The number of sulfonamides is 1. The van der Waals surface area contributed by atoms with Crippen molar-refractivity contribution in [1.82, 2.24) is 19.4 Å². The number of hydrogen-bond acceptors (Lipinski definition) is 6. The summed E-state index contributed by atoms with van der Waals surface area (Å²) < 4.78 is 27.2. The first kappa shape index (κ1) is 24.6. The fourth-order valence-corrected chi connectivity index (χ4v) is 6.39. The van der Waals surface area contributed by atoms with Gasteiger partial charge >= 0.3 is 6.03 Å². The Labute approximate surface area is 200 Å². The van der Waals surface area contributed by atoms with Crippen LogP contribution in [0.2, 0.25) is 0 Å². The lowest BCUT2D eigenvalue weighted by molar-refractivity contribution is -0.135. The molecule has 1 saturated carbocycles. The van der Waals surface area contributed by atoms with Gasteiger partial charge in [-0.2, -0.15) is 4.31 Å². The lowest BCUT2D eigenvalue weighted by Gasteiger charge is -2.34. The number of likely N-dealkylation sites (N-methyl/N-ethyl adjacent to an activating group) is 1. The molecule has 1 aromatic rings. The van der Waals surface area contributed by atoms with Gasteiger partial charge in [-0.25, -0.2) is 13.2 Å². The minimum Gasteiger partial charge on any atom is -0.325 e. The molecule has 3 fully saturated rings. The van der Waals surface area contributed by atoms with Gasteiger partial charge in [0.1, 0.15) is 12.1 Å². The number of nitrogens with one attached hydrogen (secondary N) is 2. The van der Waals surface area contributed by atoms with Crippen molar-refractivity contribution in [3.05, 3.63) is 24.3 Å². The molecule has 34 heavy (non-hydrogen) atoms. The number of carbonyl (C=O) groups is 3. The predicted molar refractivity (Wildman–Crippen MR) is 127 cm³/mol. The monoisotopic (exact) mass is 491 g/mol. The Kier molecular flexibility index (Phi) is 6.97. The van der Waals surface area contributed by atoms with Crippen molar-refractivity contribution in [2.75, 3.05) is 45.1 Å². The van der Waals surface area contributed by atoms with Gasteiger partial charge in [0, 0.05) is 31.9 Å². The van der Waals surface area contributed by atoms with Crippen LogP contribution in [-0.4, -0.2) is 85.7 Å². The van der Waals surface area contributed by atoms with Crippen LogP contribution in [0.3, 0.4) is 0 Å². The molecule has 2 heterocycles. The summed E-state index contributed by atoms with van der Waals surface area (Å²) in [6.07, 6.45) is 4.01. The summed E-state index contributed by atoms with van der Waals surface area (Å²) in [5.74, 6) is -0.288. The number of nitrogens with zero attached hydrogens (tertiary/aromatic N) is 3. The quantitative estimate of drug-likeness (QED) is 0.582. The fourth-order valence-electron chi connectivity index (χ4n) is 4.97. The molecule has 1 spiro atoms. The SMILES string of the molecule is CCC1CCC2(CC1)NC(=O)N(CC(=O)Nc1ccc(S(=O)(=O)N3CCN(C)CC3)cc1)C2=O. The summed E-state index contributed by atoms with van der Waals surface area (Å²) in [5, 5.41) is 5.48. The van der Waals surface area contributed by atoms with Crippen LogP contribution >= 0.6 is 0 Å². The summed E-state index contributed by atoms with van der Waals surface area (Å²) in [6.45, 7) is 3.97. The van der Waals surface area contributed by atoms with Crippen LogP contribution in [0.1, 0.15) is 39.0 Å². The van der Waals surface area contributed by atoms with Crippen LogP contribution in [0.15, 0.2) is 29.2 Å². The minimum absolute atomic E-state index is 0.161. The molecule has 4 rings (SSSR count). The zero-order valence-electron chi connectivity index (χ0n) is 19.7. The van der Waals surface area contributed by atoms with E-state index in [1.807, 2.05) is 7.05 Å². The van der Waals surface area contributed by atoms with E-state index in [1.54, 1.807) is 0 Å². The number of imide groups is 1. The van der Waals surface area contributed by atoms with E-state index in [0.29, 0.717) is 50.6 Å². The molecule has 10 nitrogen and oxygen atoms in total. The Morgan fingerprint density at radius 1 is 1.09 bits per heavy atom. The fraction of sp³-hybridized carbons (Fsp3) is 0.609. The Morgan fingerprint density at radius 2 is 1.71 bits per heavy atom. The van der Waals surface area contributed by atoms with E-state index >= 15 is 0 Å². The number of rotatable bonds is 6. The molecule has 2 aliphatic heterocycles. The predicted octanol–water partition coefficient (Wildman–Crippen LogP) is 1.45. The zero-order valence-corrected chi connectivity index (χ0v) is 20.6. The molecule has 4 amide bonds. The molecule has 2 saturated heterocycles. The number of anilines is 1. The highest BCUT2D eigenvalue weighted by molar-refractivity contribution is 7.89. The van der Waals surface area contributed by atoms with Gasteiger partial charge in [0.05, 0.1) is 4.90 Å². The first-order valence-corrected chi connectivity index (χ1v) is 13.3. The highest BCUT2D eigenvalue weighted by Gasteiger charge is 2.52. The van der Waals surface area contributed by atoms with E-state index in [-0.39, 0.29) is 17.3 Å². The molecule has 1 aliphatic carbocycles. The maximum Gasteiger partial charge on any atom is 0.325 e. The molecule has 11 heteroatoms. The number of urea groups is 1. The molecule has 0 bridgehead atoms. The maximum absolute atomic E-state index is 13.0. The van der Waals surface area contributed by atoms with Crippen LogP contribution in [0.5, 0.6) is 0 Å². The van der Waals surface area contributed by atoms with Gasteiger partial charge in [-0.3, -0.25) is 14.5 Å². The Hall–Kier alpha value is -2.50. The second-order valence-corrected chi connectivity index (χ2v) is 11.5. The molecule has 1 aromatic carbocycles.